The van der Waals surface area contributed by atoms with Gasteiger partial charge in [0.2, 0.25) is 0 Å². The maximum atomic E-state index is 14.2. The van der Waals surface area contributed by atoms with Crippen LogP contribution < -0.4 is 14.4 Å². The molecule has 1 saturated carbocycles. The summed E-state index contributed by atoms with van der Waals surface area (Å²) in [7, 11) is 0. The fourth-order valence-corrected chi connectivity index (χ4v) is 7.32. The molecular formula is C36H35BrN6O5. The third-order valence-electron chi connectivity index (χ3n) is 9.04. The fourth-order valence-electron chi connectivity index (χ4n) is 6.93. The summed E-state index contributed by atoms with van der Waals surface area (Å²) in [5.74, 6) is 0.272. The lowest BCUT2D eigenvalue weighted by Gasteiger charge is -2.30. The van der Waals surface area contributed by atoms with Crippen LogP contribution in [0, 0.1) is 5.92 Å². The minimum Gasteiger partial charge on any atom is -0.494 e. The van der Waals surface area contributed by atoms with E-state index in [0.717, 1.165) is 62.5 Å². The second kappa shape index (κ2) is 13.3. The second-order valence-electron chi connectivity index (χ2n) is 12.0. The van der Waals surface area contributed by atoms with Crippen molar-refractivity contribution in [2.45, 2.75) is 51.2 Å². The van der Waals surface area contributed by atoms with Crippen molar-refractivity contribution in [1.29, 1.82) is 0 Å². The molecule has 4 aliphatic rings. The molecule has 0 N–H and O–H groups in total. The summed E-state index contributed by atoms with van der Waals surface area (Å²) in [6, 6.07) is 20.3. The van der Waals surface area contributed by atoms with Crippen LogP contribution in [0.15, 0.2) is 98.3 Å². The van der Waals surface area contributed by atoms with Gasteiger partial charge >= 0.3 is 0 Å². The molecule has 11 nitrogen and oxygen atoms in total. The molecule has 2 fully saturated rings. The standard InChI is InChI=1S/C36H35BrN6O5/c1-3-47-27-15-11-22(12-16-27)19-24-7-5-10-29-31(24)39-43(33(29)23-13-17-28(18-14-23)48-4-2)30(44)21-41-34-32(38-40-41)35(45)42(36(34)46)26-9-6-8-25(37)20-26/h6,8-9,11-20,29,32-34H,3-5,7,10,21H2,1-2H3/b24-19+/t29-,32-,33+,34+/m0/s1. The van der Waals surface area contributed by atoms with Gasteiger partial charge in [-0.1, -0.05) is 51.5 Å². The zero-order valence-electron chi connectivity index (χ0n) is 26.7. The molecule has 0 unspecified atom stereocenters. The lowest BCUT2D eigenvalue weighted by Crippen LogP contribution is -2.45. The highest BCUT2D eigenvalue weighted by molar-refractivity contribution is 9.10. The van der Waals surface area contributed by atoms with Gasteiger partial charge in [0.15, 0.2) is 12.1 Å². The normalized spacial score (nSPS) is 23.9. The van der Waals surface area contributed by atoms with Crippen molar-refractivity contribution in [3.63, 3.8) is 0 Å². The first-order chi connectivity index (χ1) is 23.4. The molecule has 0 bridgehead atoms. The monoisotopic (exact) mass is 710 g/mol. The van der Waals surface area contributed by atoms with E-state index in [1.165, 1.54) is 5.01 Å². The SMILES string of the molecule is CCOc1ccc(/C=C2\CCC[C@H]3C2=NN(C(=O)CN2N=N[C@@H]4C(=O)N(c5cccc(Br)c5)C(=O)[C@@H]42)[C@@H]3c2ccc(OCC)cc2)cc1. The second-order valence-corrected chi connectivity index (χ2v) is 12.9. The summed E-state index contributed by atoms with van der Waals surface area (Å²) in [5.41, 5.74) is 4.38. The number of hydrogen-bond acceptors (Lipinski definition) is 9. The maximum Gasteiger partial charge on any atom is 0.264 e. The van der Waals surface area contributed by atoms with E-state index in [1.807, 2.05) is 68.4 Å². The van der Waals surface area contributed by atoms with Crippen LogP contribution >= 0.6 is 15.9 Å². The molecule has 3 amide bonds. The molecule has 7 rings (SSSR count). The van der Waals surface area contributed by atoms with Crippen molar-refractivity contribution in [2.24, 2.45) is 21.4 Å². The molecule has 3 aromatic rings. The Labute approximate surface area is 287 Å². The highest BCUT2D eigenvalue weighted by Gasteiger charge is 2.55. The summed E-state index contributed by atoms with van der Waals surface area (Å²) in [6.07, 6.45) is 4.80. The van der Waals surface area contributed by atoms with Crippen molar-refractivity contribution >= 4 is 51.1 Å². The maximum absolute atomic E-state index is 14.2. The van der Waals surface area contributed by atoms with Crippen LogP contribution in [0.5, 0.6) is 11.5 Å². The Hall–Kier alpha value is -4.84. The molecule has 1 aliphatic carbocycles. The first-order valence-corrected chi connectivity index (χ1v) is 17.0. The summed E-state index contributed by atoms with van der Waals surface area (Å²) >= 11 is 3.41. The van der Waals surface area contributed by atoms with Crippen LogP contribution in [0.25, 0.3) is 6.08 Å². The summed E-state index contributed by atoms with van der Waals surface area (Å²) in [6.45, 7) is 4.79. The zero-order chi connectivity index (χ0) is 33.4. The molecule has 4 atom stereocenters. The van der Waals surface area contributed by atoms with Crippen LogP contribution in [-0.2, 0) is 14.4 Å². The number of hydrazone groups is 1. The highest BCUT2D eigenvalue weighted by atomic mass is 79.9. The van der Waals surface area contributed by atoms with E-state index in [2.05, 4.69) is 32.3 Å². The molecule has 0 aromatic heterocycles. The Bertz CT molecular complexity index is 1820. The van der Waals surface area contributed by atoms with Gasteiger partial charge in [0.25, 0.3) is 17.7 Å². The van der Waals surface area contributed by atoms with E-state index in [-0.39, 0.29) is 24.4 Å². The van der Waals surface area contributed by atoms with Crippen molar-refractivity contribution < 1.29 is 23.9 Å². The summed E-state index contributed by atoms with van der Waals surface area (Å²) < 4.78 is 12.0. The van der Waals surface area contributed by atoms with E-state index >= 15 is 0 Å². The number of hydrogen-bond donors (Lipinski definition) is 0. The van der Waals surface area contributed by atoms with E-state index in [1.54, 1.807) is 23.2 Å². The van der Waals surface area contributed by atoms with Crippen LogP contribution in [0.1, 0.15) is 50.3 Å². The first-order valence-electron chi connectivity index (χ1n) is 16.2. The number of fused-ring (bicyclic) bond motifs is 2. The molecule has 246 valence electrons. The van der Waals surface area contributed by atoms with Crippen molar-refractivity contribution in [3.05, 3.63) is 94.0 Å². The zero-order valence-corrected chi connectivity index (χ0v) is 28.2. The van der Waals surface area contributed by atoms with Gasteiger partial charge in [0, 0.05) is 10.4 Å². The number of imide groups is 1. The van der Waals surface area contributed by atoms with Crippen molar-refractivity contribution in [1.82, 2.24) is 10.0 Å². The average molecular weight is 712 g/mol. The number of nitrogens with zero attached hydrogens (tertiary/aromatic N) is 6. The molecule has 0 radical (unpaired) electrons. The molecule has 3 heterocycles. The minimum atomic E-state index is -1.01. The number of anilines is 1. The highest BCUT2D eigenvalue weighted by Crippen LogP contribution is 2.45. The lowest BCUT2D eigenvalue weighted by atomic mass is 9.77. The predicted octanol–water partition coefficient (Wildman–Crippen LogP) is 6.36. The largest absolute Gasteiger partial charge is 0.494 e. The van der Waals surface area contributed by atoms with Gasteiger partial charge in [-0.2, -0.15) is 10.2 Å². The van der Waals surface area contributed by atoms with Crippen molar-refractivity contribution in [2.75, 3.05) is 24.7 Å². The molecule has 3 aliphatic heterocycles. The number of allylic oxidation sites excluding steroid dienone is 1. The van der Waals surface area contributed by atoms with Gasteiger partial charge in [0.1, 0.15) is 18.0 Å². The predicted molar refractivity (Wildman–Crippen MR) is 183 cm³/mol. The number of carbonyl (C=O) groups excluding carboxylic acids is 3. The number of benzene rings is 3. The third kappa shape index (κ3) is 5.89. The minimum absolute atomic E-state index is 0.0238. The molecule has 0 spiro atoms. The Morgan fingerprint density at radius 1 is 0.938 bits per heavy atom. The smallest absolute Gasteiger partial charge is 0.264 e. The number of ether oxygens (including phenoxy) is 2. The Balaban J connectivity index is 1.18. The average Bonchev–Trinajstić information content (AvgIpc) is 3.75. The molecule has 48 heavy (non-hydrogen) atoms. The van der Waals surface area contributed by atoms with Gasteiger partial charge in [-0.05, 0) is 98.4 Å². The third-order valence-corrected chi connectivity index (χ3v) is 9.54. The van der Waals surface area contributed by atoms with E-state index in [0.29, 0.717) is 18.9 Å². The Kier molecular flexibility index (Phi) is 8.83. The van der Waals surface area contributed by atoms with Gasteiger partial charge in [-0.15, -0.1) is 0 Å². The van der Waals surface area contributed by atoms with Gasteiger partial charge in [-0.25, -0.2) is 9.91 Å². The number of amides is 3. The van der Waals surface area contributed by atoms with Crippen LogP contribution in [0.3, 0.4) is 0 Å². The van der Waals surface area contributed by atoms with Gasteiger partial charge < -0.3 is 9.47 Å². The van der Waals surface area contributed by atoms with E-state index in [9.17, 15) is 14.4 Å². The fraction of sp³-hybridized carbons (Fsp3) is 0.333. The van der Waals surface area contributed by atoms with E-state index in [4.69, 9.17) is 14.6 Å². The molecular weight excluding hydrogens is 676 g/mol. The Morgan fingerprint density at radius 3 is 2.33 bits per heavy atom. The van der Waals surface area contributed by atoms with Crippen molar-refractivity contribution in [3.8, 4) is 11.5 Å². The Morgan fingerprint density at radius 2 is 1.65 bits per heavy atom. The number of carbonyl (C=O) groups is 3. The van der Waals surface area contributed by atoms with Gasteiger partial charge in [-0.3, -0.25) is 19.4 Å². The lowest BCUT2D eigenvalue weighted by molar-refractivity contribution is -0.136. The van der Waals surface area contributed by atoms with Crippen LogP contribution in [0.2, 0.25) is 0 Å². The summed E-state index contributed by atoms with van der Waals surface area (Å²) in [4.78, 5) is 42.3. The molecule has 12 heteroatoms. The number of halogens is 1. The molecule has 1 saturated heterocycles. The topological polar surface area (TPSA) is 116 Å². The van der Waals surface area contributed by atoms with Gasteiger partial charge in [0.05, 0.1) is 30.7 Å². The van der Waals surface area contributed by atoms with Crippen LogP contribution in [-0.4, -0.2) is 65.3 Å². The molecule has 3 aromatic carbocycles. The van der Waals surface area contributed by atoms with E-state index < -0.39 is 23.9 Å². The quantitative estimate of drug-likeness (QED) is 0.239. The van der Waals surface area contributed by atoms with Crippen LogP contribution in [0.4, 0.5) is 5.69 Å². The summed E-state index contributed by atoms with van der Waals surface area (Å²) in [5, 5.41) is 16.1. The number of rotatable bonds is 9. The first kappa shape index (κ1) is 31.7.